The minimum atomic E-state index is -3.67. The van der Waals surface area contributed by atoms with E-state index in [0.29, 0.717) is 31.9 Å². The summed E-state index contributed by atoms with van der Waals surface area (Å²) in [6.07, 6.45) is 0. The van der Waals surface area contributed by atoms with E-state index in [1.165, 1.54) is 10.4 Å². The first-order valence-electron chi connectivity index (χ1n) is 7.79. The zero-order valence-electron chi connectivity index (χ0n) is 14.2. The SMILES string of the molecule is Cc1ccc(C(=O)NC(C)(C)CO)cc1S(=O)(=O)N1CCOCC1. The normalized spacial score (nSPS) is 16.8. The van der Waals surface area contributed by atoms with Crippen LogP contribution in [-0.2, 0) is 14.8 Å². The van der Waals surface area contributed by atoms with Crippen LogP contribution in [0.2, 0.25) is 0 Å². The molecule has 2 N–H and O–H groups in total. The molecule has 7 nitrogen and oxygen atoms in total. The van der Waals surface area contributed by atoms with Crippen molar-refractivity contribution in [1.82, 2.24) is 9.62 Å². The largest absolute Gasteiger partial charge is 0.394 e. The molecule has 1 aliphatic heterocycles. The average Bonchev–Trinajstić information content (AvgIpc) is 2.55. The smallest absolute Gasteiger partial charge is 0.251 e. The van der Waals surface area contributed by atoms with Gasteiger partial charge in [-0.1, -0.05) is 6.07 Å². The van der Waals surface area contributed by atoms with Gasteiger partial charge in [-0.15, -0.1) is 0 Å². The summed E-state index contributed by atoms with van der Waals surface area (Å²) in [6, 6.07) is 4.59. The Morgan fingerprint density at radius 2 is 1.96 bits per heavy atom. The molecule has 1 aromatic rings. The van der Waals surface area contributed by atoms with E-state index in [1.54, 1.807) is 32.9 Å². The van der Waals surface area contributed by atoms with Gasteiger partial charge in [0, 0.05) is 18.7 Å². The Kier molecular flexibility index (Phi) is 5.64. The van der Waals surface area contributed by atoms with Gasteiger partial charge in [-0.3, -0.25) is 4.79 Å². The lowest BCUT2D eigenvalue weighted by Crippen LogP contribution is -2.46. The molecule has 0 radical (unpaired) electrons. The van der Waals surface area contributed by atoms with Gasteiger partial charge in [0.05, 0.1) is 30.3 Å². The summed E-state index contributed by atoms with van der Waals surface area (Å²) in [5, 5.41) is 11.9. The summed E-state index contributed by atoms with van der Waals surface area (Å²) < 4.78 is 32.2. The van der Waals surface area contributed by atoms with Crippen LogP contribution in [0.1, 0.15) is 29.8 Å². The number of nitrogens with one attached hydrogen (secondary N) is 1. The van der Waals surface area contributed by atoms with Crippen molar-refractivity contribution >= 4 is 15.9 Å². The summed E-state index contributed by atoms with van der Waals surface area (Å²) in [4.78, 5) is 12.5. The monoisotopic (exact) mass is 356 g/mol. The van der Waals surface area contributed by atoms with Crippen molar-refractivity contribution in [2.24, 2.45) is 0 Å². The molecule has 0 aliphatic carbocycles. The molecule has 1 aromatic carbocycles. The van der Waals surface area contributed by atoms with Gasteiger partial charge in [0.25, 0.3) is 5.91 Å². The molecular formula is C16H24N2O5S. The fourth-order valence-corrected chi connectivity index (χ4v) is 4.02. The Hall–Kier alpha value is -1.48. The first-order valence-corrected chi connectivity index (χ1v) is 9.23. The highest BCUT2D eigenvalue weighted by Gasteiger charge is 2.29. The molecule has 0 unspecified atom stereocenters. The van der Waals surface area contributed by atoms with E-state index in [-0.39, 0.29) is 17.1 Å². The molecule has 2 rings (SSSR count). The summed E-state index contributed by atoms with van der Waals surface area (Å²) in [7, 11) is -3.67. The average molecular weight is 356 g/mol. The number of amides is 1. The molecule has 0 aromatic heterocycles. The maximum absolute atomic E-state index is 12.8. The number of carbonyl (C=O) groups excluding carboxylic acids is 1. The number of aliphatic hydroxyl groups excluding tert-OH is 1. The standard InChI is InChI=1S/C16H24N2O5S/c1-12-4-5-13(15(20)17-16(2,3)11-19)10-14(12)24(21,22)18-6-8-23-9-7-18/h4-5,10,19H,6-9,11H2,1-3H3,(H,17,20). The second-order valence-corrected chi connectivity index (χ2v) is 8.40. The van der Waals surface area contributed by atoms with Crippen LogP contribution < -0.4 is 5.32 Å². The molecule has 1 saturated heterocycles. The van der Waals surface area contributed by atoms with Crippen LogP contribution in [0.15, 0.2) is 23.1 Å². The van der Waals surface area contributed by atoms with Crippen LogP contribution in [-0.4, -0.2) is 62.2 Å². The zero-order valence-corrected chi connectivity index (χ0v) is 15.0. The highest BCUT2D eigenvalue weighted by Crippen LogP contribution is 2.22. The molecule has 1 amide bonds. The fourth-order valence-electron chi connectivity index (χ4n) is 2.36. The van der Waals surface area contributed by atoms with Gasteiger partial charge in [-0.05, 0) is 38.5 Å². The second kappa shape index (κ2) is 7.18. The zero-order chi connectivity index (χ0) is 18.0. The first-order chi connectivity index (χ1) is 11.2. The fraction of sp³-hybridized carbons (Fsp3) is 0.562. The van der Waals surface area contributed by atoms with Gasteiger partial charge in [0.1, 0.15) is 0 Å². The third-order valence-corrected chi connectivity index (χ3v) is 5.93. The predicted molar refractivity (Wildman–Crippen MR) is 89.4 cm³/mol. The molecule has 0 spiro atoms. The lowest BCUT2D eigenvalue weighted by molar-refractivity contribution is 0.0730. The topological polar surface area (TPSA) is 95.9 Å². The maximum Gasteiger partial charge on any atom is 0.251 e. The van der Waals surface area contributed by atoms with E-state index < -0.39 is 21.5 Å². The van der Waals surface area contributed by atoms with Crippen molar-refractivity contribution in [3.05, 3.63) is 29.3 Å². The van der Waals surface area contributed by atoms with Crippen molar-refractivity contribution in [1.29, 1.82) is 0 Å². The number of ether oxygens (including phenoxy) is 1. The molecule has 1 fully saturated rings. The quantitative estimate of drug-likeness (QED) is 0.802. The van der Waals surface area contributed by atoms with Gasteiger partial charge in [-0.25, -0.2) is 8.42 Å². The first kappa shape index (κ1) is 18.9. The highest BCUT2D eigenvalue weighted by atomic mass is 32.2. The number of aryl methyl sites for hydroxylation is 1. The lowest BCUT2D eigenvalue weighted by Gasteiger charge is -2.27. The number of nitrogens with zero attached hydrogens (tertiary/aromatic N) is 1. The Morgan fingerprint density at radius 3 is 2.54 bits per heavy atom. The van der Waals surface area contributed by atoms with Crippen LogP contribution >= 0.6 is 0 Å². The van der Waals surface area contributed by atoms with E-state index in [2.05, 4.69) is 5.32 Å². The number of carbonyl (C=O) groups is 1. The Morgan fingerprint density at radius 1 is 1.33 bits per heavy atom. The number of hydrogen-bond acceptors (Lipinski definition) is 5. The van der Waals surface area contributed by atoms with Crippen molar-refractivity contribution in [2.75, 3.05) is 32.9 Å². The van der Waals surface area contributed by atoms with Gasteiger partial charge >= 0.3 is 0 Å². The van der Waals surface area contributed by atoms with Crippen LogP contribution in [0.3, 0.4) is 0 Å². The van der Waals surface area contributed by atoms with Crippen molar-refractivity contribution < 1.29 is 23.1 Å². The number of hydrogen-bond donors (Lipinski definition) is 2. The Bertz CT molecular complexity index is 709. The van der Waals surface area contributed by atoms with E-state index in [4.69, 9.17) is 4.74 Å². The number of sulfonamides is 1. The molecule has 0 bridgehead atoms. The van der Waals surface area contributed by atoms with E-state index >= 15 is 0 Å². The van der Waals surface area contributed by atoms with Crippen molar-refractivity contribution in [2.45, 2.75) is 31.2 Å². The molecule has 134 valence electrons. The highest BCUT2D eigenvalue weighted by molar-refractivity contribution is 7.89. The molecular weight excluding hydrogens is 332 g/mol. The molecule has 1 heterocycles. The summed E-state index contributed by atoms with van der Waals surface area (Å²) >= 11 is 0. The Labute approximate surface area is 142 Å². The van der Waals surface area contributed by atoms with Gasteiger partial charge in [0.15, 0.2) is 0 Å². The van der Waals surface area contributed by atoms with E-state index in [9.17, 15) is 18.3 Å². The molecule has 0 atom stereocenters. The molecule has 8 heteroatoms. The molecule has 24 heavy (non-hydrogen) atoms. The van der Waals surface area contributed by atoms with Crippen molar-refractivity contribution in [3.63, 3.8) is 0 Å². The summed E-state index contributed by atoms with van der Waals surface area (Å²) in [5.74, 6) is -0.424. The van der Waals surface area contributed by atoms with Gasteiger partial charge in [0.2, 0.25) is 10.0 Å². The Balaban J connectivity index is 2.33. The van der Waals surface area contributed by atoms with Crippen LogP contribution in [0.4, 0.5) is 0 Å². The third-order valence-electron chi connectivity index (χ3n) is 3.89. The predicted octanol–water partition coefficient (Wildman–Crippen LogP) is 0.517. The van der Waals surface area contributed by atoms with Crippen LogP contribution in [0.25, 0.3) is 0 Å². The van der Waals surface area contributed by atoms with E-state index in [0.717, 1.165) is 0 Å². The van der Waals surface area contributed by atoms with Gasteiger partial charge in [-0.2, -0.15) is 4.31 Å². The minimum Gasteiger partial charge on any atom is -0.394 e. The maximum atomic E-state index is 12.8. The van der Waals surface area contributed by atoms with Gasteiger partial charge < -0.3 is 15.2 Å². The number of rotatable bonds is 5. The van der Waals surface area contributed by atoms with Crippen LogP contribution in [0, 0.1) is 6.92 Å². The van der Waals surface area contributed by atoms with Crippen molar-refractivity contribution in [3.8, 4) is 0 Å². The number of morpholine rings is 1. The summed E-state index contributed by atoms with van der Waals surface area (Å²) in [5.41, 5.74) is 0.0407. The number of aliphatic hydroxyl groups is 1. The second-order valence-electron chi connectivity index (χ2n) is 6.49. The summed E-state index contributed by atoms with van der Waals surface area (Å²) in [6.45, 7) is 6.18. The van der Waals surface area contributed by atoms with E-state index in [1.807, 2.05) is 0 Å². The lowest BCUT2D eigenvalue weighted by atomic mass is 10.1. The van der Waals surface area contributed by atoms with Crippen LogP contribution in [0.5, 0.6) is 0 Å². The third kappa shape index (κ3) is 4.13. The molecule has 0 saturated carbocycles. The minimum absolute atomic E-state index is 0.124. The number of benzene rings is 1. The molecule has 1 aliphatic rings.